The number of rotatable bonds is 7. The smallest absolute Gasteiger partial charge is 0.339 e. The molecule has 0 spiro atoms. The monoisotopic (exact) mass is 438 g/mol. The second kappa shape index (κ2) is 9.55. The lowest BCUT2D eigenvalue weighted by Crippen LogP contribution is -2.30. The average molecular weight is 439 g/mol. The third-order valence-electron chi connectivity index (χ3n) is 4.58. The van der Waals surface area contributed by atoms with Crippen LogP contribution < -0.4 is 10.5 Å². The maximum atomic E-state index is 12.7. The van der Waals surface area contributed by atoms with Crippen LogP contribution in [0.5, 0.6) is 0 Å². The fraction of sp³-hybridized carbons (Fsp3) is 0.130. The summed E-state index contributed by atoms with van der Waals surface area (Å²) < 4.78 is 28.0. The number of hydrogen-bond donors (Lipinski definition) is 2. The number of sulfonamides is 1. The van der Waals surface area contributed by atoms with Gasteiger partial charge in [0, 0.05) is 5.69 Å². The van der Waals surface area contributed by atoms with Crippen molar-refractivity contribution < 1.29 is 22.7 Å². The highest BCUT2D eigenvalue weighted by Crippen LogP contribution is 2.17. The van der Waals surface area contributed by atoms with Gasteiger partial charge in [-0.15, -0.1) is 0 Å². The lowest BCUT2D eigenvalue weighted by Gasteiger charge is -2.15. The first-order chi connectivity index (χ1) is 14.7. The SMILES string of the molecule is C[C@@H](OC(=O)c1ccccc1Cc1ccccc1)C(=O)Nc1ccc(S(N)(=O)=O)cc1. The van der Waals surface area contributed by atoms with Crippen LogP contribution in [-0.4, -0.2) is 26.4 Å². The van der Waals surface area contributed by atoms with Crippen LogP contribution in [0.2, 0.25) is 0 Å². The molecular weight excluding hydrogens is 416 g/mol. The number of amides is 1. The zero-order valence-electron chi connectivity index (χ0n) is 16.8. The van der Waals surface area contributed by atoms with Gasteiger partial charge in [0.05, 0.1) is 10.5 Å². The van der Waals surface area contributed by atoms with Crippen molar-refractivity contribution >= 4 is 27.6 Å². The zero-order chi connectivity index (χ0) is 22.4. The highest BCUT2D eigenvalue weighted by Gasteiger charge is 2.21. The molecule has 0 aromatic heterocycles. The van der Waals surface area contributed by atoms with E-state index in [2.05, 4.69) is 5.32 Å². The number of carbonyl (C=O) groups excluding carboxylic acids is 2. The van der Waals surface area contributed by atoms with E-state index in [1.807, 2.05) is 42.5 Å². The molecule has 0 aliphatic rings. The Morgan fingerprint density at radius 1 is 0.935 bits per heavy atom. The molecule has 0 aliphatic carbocycles. The summed E-state index contributed by atoms with van der Waals surface area (Å²) in [7, 11) is -3.82. The van der Waals surface area contributed by atoms with Crippen LogP contribution in [0.4, 0.5) is 5.69 Å². The van der Waals surface area contributed by atoms with E-state index < -0.39 is 28.0 Å². The van der Waals surface area contributed by atoms with Gasteiger partial charge in [-0.2, -0.15) is 0 Å². The molecule has 0 saturated carbocycles. The standard InChI is InChI=1S/C23H22N2O5S/c1-16(22(26)25-19-11-13-20(14-12-19)31(24,28)29)30-23(27)21-10-6-5-9-18(21)15-17-7-3-2-4-8-17/h2-14,16H,15H2,1H3,(H,25,26)(H2,24,28,29)/t16-/m1/s1. The molecule has 3 rings (SSSR count). The number of hydrogen-bond acceptors (Lipinski definition) is 5. The van der Waals surface area contributed by atoms with Crippen molar-refractivity contribution in [2.24, 2.45) is 5.14 Å². The Hall–Kier alpha value is -3.49. The van der Waals surface area contributed by atoms with Gasteiger partial charge < -0.3 is 10.1 Å². The largest absolute Gasteiger partial charge is 0.449 e. The summed E-state index contributed by atoms with van der Waals surface area (Å²) in [6.45, 7) is 1.46. The maximum absolute atomic E-state index is 12.7. The number of primary sulfonamides is 1. The molecule has 3 aromatic carbocycles. The normalized spacial score (nSPS) is 12.1. The van der Waals surface area contributed by atoms with Crippen LogP contribution >= 0.6 is 0 Å². The Labute approximate surface area is 180 Å². The van der Waals surface area contributed by atoms with Gasteiger partial charge in [-0.25, -0.2) is 18.4 Å². The molecule has 31 heavy (non-hydrogen) atoms. The Bertz CT molecular complexity index is 1180. The third-order valence-corrected chi connectivity index (χ3v) is 5.51. The minimum absolute atomic E-state index is 0.0694. The molecule has 3 aromatic rings. The fourth-order valence-corrected chi connectivity index (χ4v) is 3.45. The quantitative estimate of drug-likeness (QED) is 0.550. The summed E-state index contributed by atoms with van der Waals surface area (Å²) in [4.78, 5) is 25.0. The van der Waals surface area contributed by atoms with E-state index in [4.69, 9.17) is 9.88 Å². The molecule has 1 atom stereocenters. The van der Waals surface area contributed by atoms with Crippen LogP contribution in [0.3, 0.4) is 0 Å². The Morgan fingerprint density at radius 2 is 1.55 bits per heavy atom. The van der Waals surface area contributed by atoms with Crippen LogP contribution in [0.15, 0.2) is 83.8 Å². The van der Waals surface area contributed by atoms with Crippen molar-refractivity contribution in [2.75, 3.05) is 5.32 Å². The lowest BCUT2D eigenvalue weighted by molar-refractivity contribution is -0.123. The number of nitrogens with one attached hydrogen (secondary N) is 1. The molecule has 0 saturated heterocycles. The van der Waals surface area contributed by atoms with Gasteiger partial charge in [0.15, 0.2) is 6.10 Å². The number of anilines is 1. The summed E-state index contributed by atoms with van der Waals surface area (Å²) in [6.07, 6.45) is -0.501. The highest BCUT2D eigenvalue weighted by atomic mass is 32.2. The number of esters is 1. The van der Waals surface area contributed by atoms with Crippen molar-refractivity contribution in [3.05, 3.63) is 95.6 Å². The first-order valence-corrected chi connectivity index (χ1v) is 11.1. The van der Waals surface area contributed by atoms with E-state index in [0.717, 1.165) is 11.1 Å². The topological polar surface area (TPSA) is 116 Å². The van der Waals surface area contributed by atoms with Gasteiger partial charge in [-0.1, -0.05) is 48.5 Å². The van der Waals surface area contributed by atoms with Gasteiger partial charge in [0.2, 0.25) is 10.0 Å². The molecule has 0 heterocycles. The molecule has 0 bridgehead atoms. The van der Waals surface area contributed by atoms with E-state index in [1.165, 1.54) is 31.2 Å². The van der Waals surface area contributed by atoms with Gasteiger partial charge in [0.1, 0.15) is 0 Å². The van der Waals surface area contributed by atoms with Crippen LogP contribution in [0, 0.1) is 0 Å². The van der Waals surface area contributed by atoms with Crippen LogP contribution in [0.1, 0.15) is 28.4 Å². The van der Waals surface area contributed by atoms with E-state index in [0.29, 0.717) is 17.7 Å². The average Bonchev–Trinajstić information content (AvgIpc) is 2.74. The van der Waals surface area contributed by atoms with Crippen LogP contribution in [0.25, 0.3) is 0 Å². The molecule has 160 valence electrons. The number of carbonyl (C=O) groups is 2. The molecule has 8 heteroatoms. The minimum atomic E-state index is -3.82. The van der Waals surface area contributed by atoms with Gasteiger partial charge in [-0.05, 0) is 54.8 Å². The molecule has 1 amide bonds. The van der Waals surface area contributed by atoms with Gasteiger partial charge in [-0.3, -0.25) is 4.79 Å². The molecule has 0 fully saturated rings. The summed E-state index contributed by atoms with van der Waals surface area (Å²) in [5.74, 6) is -1.14. The molecule has 0 aliphatic heterocycles. The van der Waals surface area contributed by atoms with Crippen molar-refractivity contribution in [2.45, 2.75) is 24.3 Å². The predicted molar refractivity (Wildman–Crippen MR) is 117 cm³/mol. The molecular formula is C23H22N2O5S. The van der Waals surface area contributed by atoms with Crippen molar-refractivity contribution in [3.63, 3.8) is 0 Å². The number of benzene rings is 3. The van der Waals surface area contributed by atoms with Crippen molar-refractivity contribution in [1.29, 1.82) is 0 Å². The molecule has 0 unspecified atom stereocenters. The zero-order valence-corrected chi connectivity index (χ0v) is 17.6. The summed E-state index contributed by atoms with van der Waals surface area (Å²) in [5, 5.41) is 7.63. The van der Waals surface area contributed by atoms with Gasteiger partial charge >= 0.3 is 5.97 Å². The Morgan fingerprint density at radius 3 is 2.19 bits per heavy atom. The van der Waals surface area contributed by atoms with Gasteiger partial charge in [0.25, 0.3) is 5.91 Å². The summed E-state index contributed by atoms with van der Waals surface area (Å²) in [5.41, 5.74) is 2.59. The first-order valence-electron chi connectivity index (χ1n) is 9.50. The first kappa shape index (κ1) is 22.2. The Kier molecular flexibility index (Phi) is 6.84. The molecule has 7 nitrogen and oxygen atoms in total. The second-order valence-electron chi connectivity index (χ2n) is 6.93. The number of nitrogens with two attached hydrogens (primary N) is 1. The second-order valence-corrected chi connectivity index (χ2v) is 8.49. The van der Waals surface area contributed by atoms with Crippen molar-refractivity contribution in [3.8, 4) is 0 Å². The van der Waals surface area contributed by atoms with E-state index >= 15 is 0 Å². The maximum Gasteiger partial charge on any atom is 0.339 e. The molecule has 0 radical (unpaired) electrons. The van der Waals surface area contributed by atoms with Crippen molar-refractivity contribution in [1.82, 2.24) is 0 Å². The summed E-state index contributed by atoms with van der Waals surface area (Å²) >= 11 is 0. The predicted octanol–water partition coefficient (Wildman–Crippen LogP) is 3.11. The molecule has 3 N–H and O–H groups in total. The fourth-order valence-electron chi connectivity index (χ4n) is 2.94. The Balaban J connectivity index is 1.66. The highest BCUT2D eigenvalue weighted by molar-refractivity contribution is 7.89. The lowest BCUT2D eigenvalue weighted by atomic mass is 10.00. The third kappa shape index (κ3) is 6.00. The minimum Gasteiger partial charge on any atom is -0.449 e. The van der Waals surface area contributed by atoms with E-state index in [-0.39, 0.29) is 4.90 Å². The number of ether oxygens (including phenoxy) is 1. The van der Waals surface area contributed by atoms with E-state index in [9.17, 15) is 18.0 Å². The van der Waals surface area contributed by atoms with Crippen LogP contribution in [-0.2, 0) is 26.0 Å². The summed E-state index contributed by atoms with van der Waals surface area (Å²) in [6, 6.07) is 22.2. The van der Waals surface area contributed by atoms with E-state index in [1.54, 1.807) is 12.1 Å².